The van der Waals surface area contributed by atoms with E-state index in [1.54, 1.807) is 30.5 Å². The maximum absolute atomic E-state index is 13.9. The number of hydrogen-bond donors (Lipinski definition) is 7. The summed E-state index contributed by atoms with van der Waals surface area (Å²) in [6.07, 6.45) is 3.14. The summed E-state index contributed by atoms with van der Waals surface area (Å²) in [6, 6.07) is 1.77. The van der Waals surface area contributed by atoms with Gasteiger partial charge in [-0.15, -0.1) is 11.6 Å². The molecule has 1 aromatic heterocycles. The lowest BCUT2D eigenvalue weighted by atomic mass is 9.97. The van der Waals surface area contributed by atoms with Crippen LogP contribution in [0, 0.1) is 0 Å². The maximum atomic E-state index is 13.9. The number of nitrogens with two attached hydrogens (primary N) is 2. The maximum Gasteiger partial charge on any atom is 0.312 e. The number of nitrogens with zero attached hydrogens (tertiary/aromatic N) is 1. The summed E-state index contributed by atoms with van der Waals surface area (Å²) in [5, 5.41) is 10.9. The van der Waals surface area contributed by atoms with E-state index in [1.165, 1.54) is 12.0 Å². The number of fused-ring (bicyclic) bond motifs is 1. The number of likely N-dealkylation sites (tertiary alicyclic amines) is 1. The Morgan fingerprint density at radius 3 is 2.45 bits per heavy atom. The van der Waals surface area contributed by atoms with Crippen LogP contribution < -0.4 is 32.7 Å². The van der Waals surface area contributed by atoms with Gasteiger partial charge in [-0.1, -0.05) is 18.2 Å². The minimum Gasteiger partial charge on any atom is -0.469 e. The Balaban J connectivity index is 1.88. The normalized spacial score (nSPS) is 16.3. The number of nitrogens with one attached hydrogen (secondary N) is 5. The quantitative estimate of drug-likeness (QED) is 0.0711. The van der Waals surface area contributed by atoms with Gasteiger partial charge >= 0.3 is 12.0 Å². The molecule has 2 aromatic rings. The number of halogens is 1. The van der Waals surface area contributed by atoms with E-state index in [0.717, 1.165) is 0 Å². The van der Waals surface area contributed by atoms with E-state index in [4.69, 9.17) is 23.1 Å². The zero-order chi connectivity index (χ0) is 34.5. The summed E-state index contributed by atoms with van der Waals surface area (Å²) in [4.78, 5) is 93.1. The van der Waals surface area contributed by atoms with Gasteiger partial charge in [0.15, 0.2) is 0 Å². The second kappa shape index (κ2) is 17.7. The van der Waals surface area contributed by atoms with E-state index in [0.29, 0.717) is 29.3 Å². The van der Waals surface area contributed by atoms with E-state index < -0.39 is 71.6 Å². The molecule has 47 heavy (non-hydrogen) atoms. The molecule has 1 aromatic carbocycles. The molecule has 0 radical (unpaired) electrons. The molecule has 3 rings (SSSR count). The van der Waals surface area contributed by atoms with Crippen LogP contribution in [0.2, 0.25) is 0 Å². The number of piperidine rings is 1. The van der Waals surface area contributed by atoms with Crippen molar-refractivity contribution in [3.8, 4) is 0 Å². The van der Waals surface area contributed by atoms with Crippen LogP contribution in [0.1, 0.15) is 56.6 Å². The molecule has 9 N–H and O–H groups in total. The fourth-order valence-electron chi connectivity index (χ4n) is 5.44. The molecule has 256 valence electrons. The van der Waals surface area contributed by atoms with Crippen molar-refractivity contribution in [1.29, 1.82) is 0 Å². The highest BCUT2D eigenvalue weighted by Crippen LogP contribution is 2.26. The molecule has 0 aliphatic carbocycles. The van der Waals surface area contributed by atoms with Crippen molar-refractivity contribution in [2.24, 2.45) is 11.5 Å². The molecule has 1 fully saturated rings. The number of rotatable bonds is 16. The molecule has 1 aliphatic rings. The van der Waals surface area contributed by atoms with Gasteiger partial charge in [-0.05, 0) is 44.6 Å². The van der Waals surface area contributed by atoms with Gasteiger partial charge in [0.1, 0.15) is 30.0 Å². The van der Waals surface area contributed by atoms with Crippen molar-refractivity contribution in [2.45, 2.75) is 69.1 Å². The number of para-hydroxylation sites is 1. The van der Waals surface area contributed by atoms with Crippen molar-refractivity contribution < 1.29 is 38.3 Å². The van der Waals surface area contributed by atoms with Gasteiger partial charge in [0, 0.05) is 42.2 Å². The number of carbonyl (C=O) groups is 7. The predicted octanol–water partition coefficient (Wildman–Crippen LogP) is -0.198. The van der Waals surface area contributed by atoms with Crippen molar-refractivity contribution >= 4 is 64.0 Å². The number of urea groups is 1. The Bertz CT molecular complexity index is 1470. The summed E-state index contributed by atoms with van der Waals surface area (Å²) in [6.45, 7) is 0.338. The molecule has 0 bridgehead atoms. The summed E-state index contributed by atoms with van der Waals surface area (Å²) in [5.74, 6) is -4.39. The number of alkyl halides is 1. The predicted molar refractivity (Wildman–Crippen MR) is 170 cm³/mol. The number of ether oxygens (including phenoxy) is 1. The van der Waals surface area contributed by atoms with E-state index in [2.05, 4.69) is 31.0 Å². The summed E-state index contributed by atoms with van der Waals surface area (Å²) >= 11 is 5.65. The number of hydrogen-bond acceptors (Lipinski definition) is 8. The lowest BCUT2D eigenvalue weighted by Gasteiger charge is -2.37. The van der Waals surface area contributed by atoms with Gasteiger partial charge in [-0.3, -0.25) is 28.8 Å². The standard InChI is InChI=1S/C30H41ClN8O8/c1-47-24(41)12-11-21(36-23(40)15-31)29(45)39-14-5-4-10-22(39)27(43)38-25(18-16-35-19-8-3-2-7-17(18)19)28(44)37-20(26(32)42)9-6-13-34-30(33)46/h2-3,7-8,16,20-22,25,35H,4-6,9-15H2,1H3,(H2,32,42)(H,36,40)(H,37,44)(H,38,43)(H3,33,34,46)/t20-,21-,22-,25-/m0/s1. The fraction of sp³-hybridized carbons (Fsp3) is 0.500. The second-order valence-corrected chi connectivity index (χ2v) is 11.3. The molecule has 4 atom stereocenters. The highest BCUT2D eigenvalue weighted by molar-refractivity contribution is 6.27. The lowest BCUT2D eigenvalue weighted by molar-refractivity contribution is -0.146. The highest BCUT2D eigenvalue weighted by Gasteiger charge is 2.38. The first-order valence-corrected chi connectivity index (χ1v) is 15.7. The van der Waals surface area contributed by atoms with Crippen LogP contribution >= 0.6 is 11.6 Å². The minimum atomic E-state index is -1.31. The van der Waals surface area contributed by atoms with E-state index in [-0.39, 0.29) is 45.2 Å². The number of aromatic amines is 1. The average Bonchev–Trinajstić information content (AvgIpc) is 3.49. The Morgan fingerprint density at radius 1 is 1.02 bits per heavy atom. The van der Waals surface area contributed by atoms with Crippen LogP contribution in [-0.2, 0) is 33.5 Å². The average molecular weight is 677 g/mol. The summed E-state index contributed by atoms with van der Waals surface area (Å²) in [7, 11) is 1.20. The topological polar surface area (TPSA) is 248 Å². The number of H-pyrrole nitrogens is 1. The number of amides is 7. The van der Waals surface area contributed by atoms with Gasteiger partial charge in [0.05, 0.1) is 7.11 Å². The third kappa shape index (κ3) is 10.3. The molecule has 1 saturated heterocycles. The molecule has 7 amide bonds. The van der Waals surface area contributed by atoms with Crippen LogP contribution in [0.25, 0.3) is 10.9 Å². The molecular weight excluding hydrogens is 636 g/mol. The molecule has 0 spiro atoms. The Hall–Kier alpha value is -4.86. The first-order chi connectivity index (χ1) is 22.5. The molecule has 2 heterocycles. The van der Waals surface area contributed by atoms with E-state index in [1.807, 2.05) is 0 Å². The van der Waals surface area contributed by atoms with Crippen molar-refractivity contribution in [1.82, 2.24) is 31.2 Å². The zero-order valence-electron chi connectivity index (χ0n) is 26.0. The Labute approximate surface area is 276 Å². The zero-order valence-corrected chi connectivity index (χ0v) is 26.8. The molecule has 1 aliphatic heterocycles. The number of benzene rings is 1. The van der Waals surface area contributed by atoms with Gasteiger partial charge in [0.2, 0.25) is 29.5 Å². The first-order valence-electron chi connectivity index (χ1n) is 15.2. The highest BCUT2D eigenvalue weighted by atomic mass is 35.5. The monoisotopic (exact) mass is 676 g/mol. The van der Waals surface area contributed by atoms with Crippen molar-refractivity contribution in [3.05, 3.63) is 36.0 Å². The first kappa shape index (κ1) is 36.6. The third-order valence-electron chi connectivity index (χ3n) is 7.82. The van der Waals surface area contributed by atoms with Crippen LogP contribution in [0.15, 0.2) is 30.5 Å². The summed E-state index contributed by atoms with van der Waals surface area (Å²) in [5.41, 5.74) is 11.7. The molecule has 0 saturated carbocycles. The van der Waals surface area contributed by atoms with Gasteiger partial charge in [0.25, 0.3) is 0 Å². The van der Waals surface area contributed by atoms with Gasteiger partial charge in [-0.25, -0.2) is 4.79 Å². The number of primary amides is 2. The van der Waals surface area contributed by atoms with Crippen LogP contribution in [-0.4, -0.2) is 95.6 Å². The van der Waals surface area contributed by atoms with E-state index in [9.17, 15) is 33.6 Å². The molecular formula is C30H41ClN8O8. The molecule has 16 nitrogen and oxygen atoms in total. The van der Waals surface area contributed by atoms with Crippen molar-refractivity contribution in [3.63, 3.8) is 0 Å². The van der Waals surface area contributed by atoms with Crippen LogP contribution in [0.5, 0.6) is 0 Å². The van der Waals surface area contributed by atoms with Crippen LogP contribution in [0.4, 0.5) is 4.79 Å². The third-order valence-corrected chi connectivity index (χ3v) is 8.06. The minimum absolute atomic E-state index is 0.0805. The number of methoxy groups -OCH3 is 1. The van der Waals surface area contributed by atoms with Crippen molar-refractivity contribution in [2.75, 3.05) is 26.1 Å². The number of carbonyl (C=O) groups excluding carboxylic acids is 7. The summed E-state index contributed by atoms with van der Waals surface area (Å²) < 4.78 is 4.67. The Kier molecular flexibility index (Phi) is 13.8. The van der Waals surface area contributed by atoms with Gasteiger partial charge < -0.3 is 47.4 Å². The molecule has 0 unspecified atom stereocenters. The number of aromatic nitrogens is 1. The second-order valence-electron chi connectivity index (χ2n) is 11.0. The van der Waals surface area contributed by atoms with Crippen LogP contribution in [0.3, 0.4) is 0 Å². The van der Waals surface area contributed by atoms with E-state index >= 15 is 0 Å². The molecule has 17 heteroatoms. The SMILES string of the molecule is COC(=O)CC[C@H](NC(=O)CCl)C(=O)N1CCCC[C@H]1C(=O)N[C@H](C(=O)N[C@@H](CCCNC(N)=O)C(N)=O)c1c[nH]c2ccccc12. The number of esters is 1. The fourth-order valence-corrected chi connectivity index (χ4v) is 5.51. The Morgan fingerprint density at radius 2 is 1.77 bits per heavy atom. The largest absolute Gasteiger partial charge is 0.469 e. The van der Waals surface area contributed by atoms with Gasteiger partial charge in [-0.2, -0.15) is 0 Å². The lowest BCUT2D eigenvalue weighted by Crippen LogP contribution is -2.58. The smallest absolute Gasteiger partial charge is 0.312 e.